The maximum absolute atomic E-state index is 13.6. The molecule has 0 bridgehead atoms. The molecule has 0 unspecified atom stereocenters. The molecule has 0 spiro atoms. The van der Waals surface area contributed by atoms with Crippen LogP contribution in [0.3, 0.4) is 0 Å². The Morgan fingerprint density at radius 3 is 1.16 bits per heavy atom. The highest BCUT2D eigenvalue weighted by Gasteiger charge is 2.94. The zero-order valence-corrected chi connectivity index (χ0v) is 15.6. The van der Waals surface area contributed by atoms with Gasteiger partial charge in [-0.2, -0.15) is 70.2 Å². The third kappa shape index (κ3) is 4.17. The first kappa shape index (κ1) is 30.4. The molecule has 0 aromatic carbocycles. The van der Waals surface area contributed by atoms with E-state index in [2.05, 4.69) is 6.58 Å². The van der Waals surface area contributed by atoms with Crippen molar-refractivity contribution >= 4 is 0 Å². The van der Waals surface area contributed by atoms with Gasteiger partial charge in [0, 0.05) is 12.8 Å². The minimum Gasteiger partial charge on any atom is -0.200 e. The van der Waals surface area contributed by atoms with Crippen molar-refractivity contribution in [2.45, 2.75) is 73.6 Å². The molecular weight excluding hydrogens is 496 g/mol. The highest BCUT2D eigenvalue weighted by molar-refractivity contribution is 5.16. The van der Waals surface area contributed by atoms with Crippen molar-refractivity contribution in [3.8, 4) is 0 Å². The molecule has 0 saturated carbocycles. The largest absolute Gasteiger partial charge is 0.384 e. The zero-order chi connectivity index (χ0) is 26.2. The third-order valence-electron chi connectivity index (χ3n) is 4.15. The third-order valence-corrected chi connectivity index (χ3v) is 4.15. The summed E-state index contributed by atoms with van der Waals surface area (Å²) in [5.41, 5.74) is 0. The molecule has 0 saturated heterocycles. The fraction of sp³-hybridized carbons (Fsp3) is 0.750. The molecule has 0 aliphatic rings. The summed E-state index contributed by atoms with van der Waals surface area (Å²) < 4.78 is 215. The Labute approximate surface area is 169 Å². The zero-order valence-electron chi connectivity index (χ0n) is 15.6. The second-order valence-electron chi connectivity index (χ2n) is 6.46. The summed E-state index contributed by atoms with van der Waals surface area (Å²) in [6, 6.07) is 0. The normalized spacial score (nSPS) is 16.0. The molecule has 0 rings (SSSR count). The highest BCUT2D eigenvalue weighted by Crippen LogP contribution is 2.64. The number of hydrogen-bond donors (Lipinski definition) is 0. The molecule has 190 valence electrons. The van der Waals surface area contributed by atoms with Crippen molar-refractivity contribution in [3.05, 3.63) is 24.8 Å². The van der Waals surface area contributed by atoms with Gasteiger partial charge in [0.2, 0.25) is 0 Å². The summed E-state index contributed by atoms with van der Waals surface area (Å²) >= 11 is 0. The van der Waals surface area contributed by atoms with Crippen LogP contribution in [-0.2, 0) is 0 Å². The first-order chi connectivity index (χ1) is 13.9. The van der Waals surface area contributed by atoms with Crippen LogP contribution in [-0.4, -0.2) is 47.4 Å². The molecule has 0 atom stereocenters. The van der Waals surface area contributed by atoms with E-state index < -0.39 is 66.6 Å². The summed E-state index contributed by atoms with van der Waals surface area (Å²) in [5, 5.41) is 0. The lowest BCUT2D eigenvalue weighted by molar-refractivity contribution is -0.453. The predicted octanol–water partition coefficient (Wildman–Crippen LogP) is 8.00. The fourth-order valence-corrected chi connectivity index (χ4v) is 2.15. The van der Waals surface area contributed by atoms with E-state index in [1.807, 2.05) is 0 Å². The SMILES string of the molecule is C=CCC(F)(F)C(F)(F)C(F)(F)C(F)(F)C(F)(F)C(F)(F)C(F)(F)C(F)(F)CCC=CC. The maximum atomic E-state index is 13.6. The lowest BCUT2D eigenvalue weighted by Gasteiger charge is -2.43. The van der Waals surface area contributed by atoms with E-state index in [9.17, 15) is 70.2 Å². The molecule has 0 heterocycles. The molecule has 0 nitrogen and oxygen atoms in total. The number of halogens is 16. The van der Waals surface area contributed by atoms with Crippen LogP contribution in [0, 0.1) is 0 Å². The van der Waals surface area contributed by atoms with Gasteiger partial charge in [-0.15, -0.1) is 6.58 Å². The van der Waals surface area contributed by atoms with Crippen molar-refractivity contribution < 1.29 is 70.2 Å². The Bertz CT molecular complexity index is 688. The van der Waals surface area contributed by atoms with Crippen molar-refractivity contribution in [3.63, 3.8) is 0 Å². The van der Waals surface area contributed by atoms with Crippen LogP contribution in [0.5, 0.6) is 0 Å². The minimum absolute atomic E-state index is 0.256. The Morgan fingerprint density at radius 2 is 0.844 bits per heavy atom. The quantitative estimate of drug-likeness (QED) is 0.184. The number of hydrogen-bond acceptors (Lipinski definition) is 0. The van der Waals surface area contributed by atoms with Crippen LogP contribution in [0.2, 0.25) is 0 Å². The molecule has 0 amide bonds. The molecule has 0 N–H and O–H groups in total. The van der Waals surface area contributed by atoms with Crippen LogP contribution in [0.25, 0.3) is 0 Å². The molecule has 0 fully saturated rings. The Balaban J connectivity index is 6.63. The van der Waals surface area contributed by atoms with Gasteiger partial charge in [-0.1, -0.05) is 18.2 Å². The highest BCUT2D eigenvalue weighted by atomic mass is 19.4. The minimum atomic E-state index is -8.37. The Kier molecular flexibility index (Phi) is 8.17. The van der Waals surface area contributed by atoms with Gasteiger partial charge in [0.25, 0.3) is 0 Å². The fourth-order valence-electron chi connectivity index (χ4n) is 2.15. The van der Waals surface area contributed by atoms with Crippen molar-refractivity contribution in [1.82, 2.24) is 0 Å². The molecule has 0 aliphatic carbocycles. The second-order valence-corrected chi connectivity index (χ2v) is 6.46. The molecule has 0 aromatic rings. The molecule has 16 heteroatoms. The van der Waals surface area contributed by atoms with Gasteiger partial charge in [0.05, 0.1) is 0 Å². The predicted molar refractivity (Wildman–Crippen MR) is 78.4 cm³/mol. The van der Waals surface area contributed by atoms with Crippen LogP contribution < -0.4 is 0 Å². The van der Waals surface area contributed by atoms with E-state index >= 15 is 0 Å². The number of alkyl halides is 16. The summed E-state index contributed by atoms with van der Waals surface area (Å²) in [4.78, 5) is 0. The van der Waals surface area contributed by atoms with E-state index in [0.29, 0.717) is 6.08 Å². The standard InChI is InChI=1S/C16H14F16/c1-3-5-6-8-10(19,20)12(23,24)14(27,28)16(31,32)15(29,30)13(25,26)11(21,22)9(17,18)7-4-2/h3-5H,2,6-8H2,1H3. The number of rotatable bonds is 12. The van der Waals surface area contributed by atoms with E-state index in [1.54, 1.807) is 0 Å². The van der Waals surface area contributed by atoms with E-state index in [1.165, 1.54) is 0 Å². The van der Waals surface area contributed by atoms with Gasteiger partial charge < -0.3 is 0 Å². The average Bonchev–Trinajstić information content (AvgIpc) is 2.60. The van der Waals surface area contributed by atoms with Crippen molar-refractivity contribution in [2.24, 2.45) is 0 Å². The average molecular weight is 510 g/mol. The molecule has 32 heavy (non-hydrogen) atoms. The lowest BCUT2D eigenvalue weighted by atomic mass is 9.86. The van der Waals surface area contributed by atoms with Crippen molar-refractivity contribution in [2.75, 3.05) is 0 Å². The summed E-state index contributed by atoms with van der Waals surface area (Å²) in [6.45, 7) is 3.50. The topological polar surface area (TPSA) is 0 Å². The van der Waals surface area contributed by atoms with E-state index in [-0.39, 0.29) is 6.08 Å². The van der Waals surface area contributed by atoms with Gasteiger partial charge in [-0.25, -0.2) is 0 Å². The van der Waals surface area contributed by atoms with Gasteiger partial charge in [0.1, 0.15) is 0 Å². The maximum Gasteiger partial charge on any atom is 0.384 e. The van der Waals surface area contributed by atoms with E-state index in [4.69, 9.17) is 0 Å². The second kappa shape index (κ2) is 8.61. The van der Waals surface area contributed by atoms with Gasteiger partial charge in [-0.3, -0.25) is 0 Å². The Morgan fingerprint density at radius 1 is 0.531 bits per heavy atom. The number of allylic oxidation sites excluding steroid dienone is 3. The van der Waals surface area contributed by atoms with Gasteiger partial charge in [0.15, 0.2) is 0 Å². The van der Waals surface area contributed by atoms with Crippen LogP contribution in [0.4, 0.5) is 70.2 Å². The monoisotopic (exact) mass is 510 g/mol. The first-order valence-corrected chi connectivity index (χ1v) is 8.12. The molecule has 0 aliphatic heterocycles. The van der Waals surface area contributed by atoms with E-state index in [0.717, 1.165) is 13.0 Å². The summed E-state index contributed by atoms with van der Waals surface area (Å²) in [6.07, 6.45) is -4.88. The summed E-state index contributed by atoms with van der Waals surface area (Å²) in [7, 11) is 0. The van der Waals surface area contributed by atoms with Crippen LogP contribution in [0.1, 0.15) is 26.2 Å². The molecular formula is C16H14F16. The first-order valence-electron chi connectivity index (χ1n) is 8.12. The van der Waals surface area contributed by atoms with Crippen molar-refractivity contribution in [1.29, 1.82) is 0 Å². The Hall–Kier alpha value is -1.64. The van der Waals surface area contributed by atoms with Gasteiger partial charge in [-0.05, 0) is 13.3 Å². The summed E-state index contributed by atoms with van der Waals surface area (Å²) in [5.74, 6) is -60.6. The van der Waals surface area contributed by atoms with Crippen LogP contribution in [0.15, 0.2) is 24.8 Å². The molecule has 0 aromatic heterocycles. The van der Waals surface area contributed by atoms with Gasteiger partial charge >= 0.3 is 47.4 Å². The molecule has 0 radical (unpaired) electrons. The lowest BCUT2D eigenvalue weighted by Crippen LogP contribution is -2.74. The van der Waals surface area contributed by atoms with Crippen LogP contribution >= 0.6 is 0 Å². The smallest absolute Gasteiger partial charge is 0.200 e.